The quantitative estimate of drug-likeness (QED) is 0.738. The van der Waals surface area contributed by atoms with Gasteiger partial charge in [-0.05, 0) is 58.7 Å². The minimum absolute atomic E-state index is 0.140. The number of benzene rings is 1. The SMILES string of the molecule is COC(OC)C1CCN(c2ccc3c(c2)c(C)nn3C(=O)OC(C)(C)C)CC1. The highest BCUT2D eigenvalue weighted by atomic mass is 16.7. The molecular formula is C21H31N3O4. The third-order valence-electron chi connectivity index (χ3n) is 5.17. The van der Waals surface area contributed by atoms with Gasteiger partial charge in [0.05, 0.1) is 11.2 Å². The highest BCUT2D eigenvalue weighted by Gasteiger charge is 2.27. The number of hydrogen-bond donors (Lipinski definition) is 0. The lowest BCUT2D eigenvalue weighted by molar-refractivity contribution is -0.141. The number of rotatable bonds is 4. The fourth-order valence-corrected chi connectivity index (χ4v) is 3.81. The molecule has 1 aliphatic rings. The standard InChI is InChI=1S/C21H31N3O4/c1-14-17-13-16(23-11-9-15(10-12-23)19(26-5)27-6)7-8-18(17)24(22-14)20(25)28-21(2,3)4/h7-8,13,15,19H,9-12H2,1-6H3. The predicted octanol–water partition coefficient (Wildman–Crippen LogP) is 3.96. The summed E-state index contributed by atoms with van der Waals surface area (Å²) >= 11 is 0. The van der Waals surface area contributed by atoms with Crippen LogP contribution in [-0.4, -0.2) is 55.1 Å². The van der Waals surface area contributed by atoms with Gasteiger partial charge in [-0.25, -0.2) is 4.79 Å². The van der Waals surface area contributed by atoms with Gasteiger partial charge >= 0.3 is 6.09 Å². The maximum Gasteiger partial charge on any atom is 0.435 e. The summed E-state index contributed by atoms with van der Waals surface area (Å²) in [6, 6.07) is 6.12. The normalized spacial score (nSPS) is 16.2. The fourth-order valence-electron chi connectivity index (χ4n) is 3.81. The second kappa shape index (κ2) is 8.09. The van der Waals surface area contributed by atoms with Crippen molar-refractivity contribution < 1.29 is 19.0 Å². The van der Waals surface area contributed by atoms with Gasteiger partial charge in [0.2, 0.25) is 0 Å². The van der Waals surface area contributed by atoms with Crippen LogP contribution in [0.4, 0.5) is 10.5 Å². The van der Waals surface area contributed by atoms with Gasteiger partial charge < -0.3 is 19.1 Å². The van der Waals surface area contributed by atoms with Crippen LogP contribution >= 0.6 is 0 Å². The van der Waals surface area contributed by atoms with E-state index in [-0.39, 0.29) is 6.29 Å². The molecule has 1 saturated heterocycles. The molecule has 1 aromatic carbocycles. The first-order valence-corrected chi connectivity index (χ1v) is 9.77. The molecule has 1 aliphatic heterocycles. The van der Waals surface area contributed by atoms with Crippen LogP contribution in [0.25, 0.3) is 10.9 Å². The van der Waals surface area contributed by atoms with E-state index in [1.54, 1.807) is 14.2 Å². The van der Waals surface area contributed by atoms with Crippen LogP contribution < -0.4 is 4.90 Å². The zero-order valence-corrected chi connectivity index (χ0v) is 17.7. The molecule has 7 heteroatoms. The molecule has 2 aromatic rings. The Kier molecular flexibility index (Phi) is 5.95. The second-order valence-corrected chi connectivity index (χ2v) is 8.34. The van der Waals surface area contributed by atoms with Crippen molar-refractivity contribution in [3.8, 4) is 0 Å². The predicted molar refractivity (Wildman–Crippen MR) is 109 cm³/mol. The van der Waals surface area contributed by atoms with E-state index in [1.165, 1.54) is 4.68 Å². The third kappa shape index (κ3) is 4.31. The average molecular weight is 389 g/mol. The van der Waals surface area contributed by atoms with Gasteiger partial charge in [0.15, 0.2) is 6.29 Å². The topological polar surface area (TPSA) is 65.8 Å². The van der Waals surface area contributed by atoms with Gasteiger partial charge in [0.1, 0.15) is 5.60 Å². The van der Waals surface area contributed by atoms with E-state index in [1.807, 2.05) is 33.8 Å². The fraction of sp³-hybridized carbons (Fsp3) is 0.619. The van der Waals surface area contributed by atoms with Crippen LogP contribution in [0, 0.1) is 12.8 Å². The number of piperidine rings is 1. The smallest absolute Gasteiger partial charge is 0.435 e. The van der Waals surface area contributed by atoms with E-state index in [9.17, 15) is 4.79 Å². The van der Waals surface area contributed by atoms with E-state index < -0.39 is 11.7 Å². The van der Waals surface area contributed by atoms with Gasteiger partial charge in [0, 0.05) is 44.3 Å². The minimum atomic E-state index is -0.560. The van der Waals surface area contributed by atoms with Crippen molar-refractivity contribution in [3.63, 3.8) is 0 Å². The number of ether oxygens (including phenoxy) is 3. The number of nitrogens with zero attached hydrogens (tertiary/aromatic N) is 3. The Hall–Kier alpha value is -2.12. The van der Waals surface area contributed by atoms with E-state index in [0.29, 0.717) is 5.92 Å². The van der Waals surface area contributed by atoms with Crippen molar-refractivity contribution in [3.05, 3.63) is 23.9 Å². The number of aromatic nitrogens is 2. The van der Waals surface area contributed by atoms with E-state index in [4.69, 9.17) is 14.2 Å². The Labute approximate surface area is 166 Å². The molecule has 1 fully saturated rings. The van der Waals surface area contributed by atoms with Gasteiger partial charge in [-0.1, -0.05) is 0 Å². The highest BCUT2D eigenvalue weighted by molar-refractivity contribution is 5.91. The number of aryl methyl sites for hydroxylation is 1. The molecule has 0 bridgehead atoms. The van der Waals surface area contributed by atoms with Crippen molar-refractivity contribution in [2.75, 3.05) is 32.2 Å². The van der Waals surface area contributed by atoms with Crippen LogP contribution in [0.2, 0.25) is 0 Å². The molecule has 154 valence electrons. The van der Waals surface area contributed by atoms with E-state index >= 15 is 0 Å². The van der Waals surface area contributed by atoms with Crippen molar-refractivity contribution in [2.24, 2.45) is 5.92 Å². The van der Waals surface area contributed by atoms with Gasteiger partial charge in [-0.15, -0.1) is 0 Å². The Morgan fingerprint density at radius 3 is 2.39 bits per heavy atom. The largest absolute Gasteiger partial charge is 0.442 e. The lowest BCUT2D eigenvalue weighted by atomic mass is 9.95. The lowest BCUT2D eigenvalue weighted by Crippen LogP contribution is -2.39. The minimum Gasteiger partial charge on any atom is -0.442 e. The van der Waals surface area contributed by atoms with E-state index in [0.717, 1.165) is 48.2 Å². The zero-order chi connectivity index (χ0) is 20.5. The maximum absolute atomic E-state index is 12.5. The molecule has 3 rings (SSSR count). The summed E-state index contributed by atoms with van der Waals surface area (Å²) in [6.07, 6.45) is 1.43. The van der Waals surface area contributed by atoms with Crippen LogP contribution in [0.15, 0.2) is 18.2 Å². The summed E-state index contributed by atoms with van der Waals surface area (Å²) in [5.74, 6) is 0.409. The maximum atomic E-state index is 12.5. The Bertz CT molecular complexity index is 828. The number of hydrogen-bond acceptors (Lipinski definition) is 6. The summed E-state index contributed by atoms with van der Waals surface area (Å²) < 4.78 is 17.7. The zero-order valence-electron chi connectivity index (χ0n) is 17.7. The number of methoxy groups -OCH3 is 2. The Morgan fingerprint density at radius 2 is 1.82 bits per heavy atom. The second-order valence-electron chi connectivity index (χ2n) is 8.34. The Morgan fingerprint density at radius 1 is 1.18 bits per heavy atom. The Balaban J connectivity index is 1.79. The van der Waals surface area contributed by atoms with Gasteiger partial charge in [-0.3, -0.25) is 0 Å². The van der Waals surface area contributed by atoms with Crippen molar-refractivity contribution in [1.29, 1.82) is 0 Å². The van der Waals surface area contributed by atoms with Crippen LogP contribution in [0.1, 0.15) is 39.3 Å². The van der Waals surface area contributed by atoms with Crippen LogP contribution in [0.5, 0.6) is 0 Å². The third-order valence-corrected chi connectivity index (χ3v) is 5.17. The molecule has 0 unspecified atom stereocenters. The number of carbonyl (C=O) groups is 1. The molecule has 7 nitrogen and oxygen atoms in total. The summed E-state index contributed by atoms with van der Waals surface area (Å²) in [6.45, 7) is 9.35. The number of carbonyl (C=O) groups excluding carboxylic acids is 1. The lowest BCUT2D eigenvalue weighted by Gasteiger charge is -2.36. The van der Waals surface area contributed by atoms with Gasteiger partial charge in [-0.2, -0.15) is 9.78 Å². The number of anilines is 1. The molecule has 0 amide bonds. The van der Waals surface area contributed by atoms with Crippen LogP contribution in [-0.2, 0) is 14.2 Å². The summed E-state index contributed by atoms with van der Waals surface area (Å²) in [4.78, 5) is 14.8. The van der Waals surface area contributed by atoms with Crippen LogP contribution in [0.3, 0.4) is 0 Å². The van der Waals surface area contributed by atoms with E-state index in [2.05, 4.69) is 22.1 Å². The molecule has 0 spiro atoms. The average Bonchev–Trinajstić information content (AvgIpc) is 2.98. The van der Waals surface area contributed by atoms with Gasteiger partial charge in [0.25, 0.3) is 0 Å². The number of fused-ring (bicyclic) bond motifs is 1. The molecule has 0 radical (unpaired) electrons. The molecule has 0 saturated carbocycles. The van der Waals surface area contributed by atoms with Crippen molar-refractivity contribution >= 4 is 22.7 Å². The molecule has 28 heavy (non-hydrogen) atoms. The van der Waals surface area contributed by atoms with Crippen molar-refractivity contribution in [2.45, 2.75) is 52.4 Å². The first kappa shape index (κ1) is 20.6. The first-order chi connectivity index (χ1) is 13.2. The highest BCUT2D eigenvalue weighted by Crippen LogP contribution is 2.30. The molecule has 1 aromatic heterocycles. The molecule has 0 N–H and O–H groups in total. The first-order valence-electron chi connectivity index (χ1n) is 9.77. The molecule has 0 aliphatic carbocycles. The molecule has 2 heterocycles. The monoisotopic (exact) mass is 389 g/mol. The van der Waals surface area contributed by atoms with Crippen molar-refractivity contribution in [1.82, 2.24) is 9.78 Å². The summed E-state index contributed by atoms with van der Waals surface area (Å²) in [5, 5.41) is 5.38. The summed E-state index contributed by atoms with van der Waals surface area (Å²) in [7, 11) is 3.39. The molecular weight excluding hydrogens is 358 g/mol. The molecule has 0 atom stereocenters. The summed E-state index contributed by atoms with van der Waals surface area (Å²) in [5.41, 5.74) is 2.17.